The summed E-state index contributed by atoms with van der Waals surface area (Å²) in [4.78, 5) is 14.9. The summed E-state index contributed by atoms with van der Waals surface area (Å²) >= 11 is 0. The molecule has 0 saturated carbocycles. The average molecular weight is 287 g/mol. The van der Waals surface area contributed by atoms with E-state index in [9.17, 15) is 10.1 Å². The fourth-order valence-corrected chi connectivity index (χ4v) is 1.87. The van der Waals surface area contributed by atoms with Crippen molar-refractivity contribution >= 4 is 17.7 Å². The molecule has 1 amide bonds. The van der Waals surface area contributed by atoms with Crippen LogP contribution in [0.4, 0.5) is 5.69 Å². The fraction of sp³-hybridized carbons (Fsp3) is 0. The first-order valence-electron chi connectivity index (χ1n) is 6.12. The van der Waals surface area contributed by atoms with Gasteiger partial charge < -0.3 is 11.1 Å². The van der Waals surface area contributed by atoms with Gasteiger partial charge in [0, 0.05) is 5.69 Å². The number of anilines is 1. The molecule has 3 N–H and O–H groups in total. The van der Waals surface area contributed by atoms with E-state index in [1.807, 2.05) is 6.07 Å². The lowest BCUT2D eigenvalue weighted by Gasteiger charge is -1.96. The maximum absolute atomic E-state index is 11.9. The van der Waals surface area contributed by atoms with E-state index in [4.69, 9.17) is 17.6 Å². The highest BCUT2D eigenvalue weighted by atomic mass is 16.1. The van der Waals surface area contributed by atoms with E-state index in [1.54, 1.807) is 36.4 Å². The van der Waals surface area contributed by atoms with E-state index in [0.29, 0.717) is 5.69 Å². The van der Waals surface area contributed by atoms with E-state index in [0.717, 1.165) is 5.56 Å². The lowest BCUT2D eigenvalue weighted by Crippen LogP contribution is -2.16. The number of carbonyl (C=O) groups is 1. The molecule has 1 aromatic carbocycles. The molecule has 6 heteroatoms. The molecular weight excluding hydrogens is 278 g/mol. The minimum atomic E-state index is -0.519. The highest BCUT2D eigenvalue weighted by Crippen LogP contribution is 2.25. The number of nitrogen functional groups attached to an aromatic ring is 1. The Kier molecular flexibility index (Phi) is 4.04. The molecule has 1 aromatic rings. The first kappa shape index (κ1) is 14.6. The largest absolute Gasteiger partial charge is 0.399 e. The fourth-order valence-electron chi connectivity index (χ4n) is 1.87. The molecule has 0 radical (unpaired) electrons. The monoisotopic (exact) mass is 287 g/mol. The maximum atomic E-state index is 11.9. The second kappa shape index (κ2) is 6.09. The number of nitrogens with one attached hydrogen (secondary N) is 1. The Bertz CT molecular complexity index is 836. The minimum absolute atomic E-state index is 0.00996. The lowest BCUT2D eigenvalue weighted by molar-refractivity contribution is -0.115. The molecule has 1 aliphatic rings. The molecular formula is C16H9N5O. The highest BCUT2D eigenvalue weighted by Gasteiger charge is 2.28. The zero-order chi connectivity index (χ0) is 16.1. The van der Waals surface area contributed by atoms with E-state index < -0.39 is 5.91 Å². The molecule has 104 valence electrons. The van der Waals surface area contributed by atoms with E-state index >= 15 is 0 Å². The number of rotatable bonds is 2. The Hall–Kier alpha value is -3.82. The Labute approximate surface area is 126 Å². The average Bonchev–Trinajstić information content (AvgIpc) is 2.84. The highest BCUT2D eigenvalue weighted by molar-refractivity contribution is 6.05. The number of nitriles is 2. The van der Waals surface area contributed by atoms with Gasteiger partial charge in [-0.05, 0) is 23.8 Å². The van der Waals surface area contributed by atoms with Crippen molar-refractivity contribution in [2.75, 3.05) is 5.73 Å². The van der Waals surface area contributed by atoms with Crippen LogP contribution in [0.25, 0.3) is 10.9 Å². The van der Waals surface area contributed by atoms with Gasteiger partial charge >= 0.3 is 0 Å². The van der Waals surface area contributed by atoms with Gasteiger partial charge in [0.15, 0.2) is 0 Å². The third-order valence-corrected chi connectivity index (χ3v) is 2.95. The summed E-state index contributed by atoms with van der Waals surface area (Å²) in [5.74, 6) is -0.519. The van der Waals surface area contributed by atoms with Crippen molar-refractivity contribution in [2.45, 2.75) is 0 Å². The molecule has 0 spiro atoms. The molecule has 6 nitrogen and oxygen atoms in total. The van der Waals surface area contributed by atoms with Gasteiger partial charge in [-0.2, -0.15) is 5.26 Å². The zero-order valence-corrected chi connectivity index (χ0v) is 11.3. The van der Waals surface area contributed by atoms with Crippen LogP contribution in [0, 0.1) is 29.2 Å². The summed E-state index contributed by atoms with van der Waals surface area (Å²) in [5, 5.41) is 20.5. The summed E-state index contributed by atoms with van der Waals surface area (Å²) in [6, 6.07) is 10.5. The van der Waals surface area contributed by atoms with E-state index in [2.05, 4.69) is 10.2 Å². The topological polar surface area (TPSA) is 107 Å². The Morgan fingerprint density at radius 2 is 1.95 bits per heavy atom. The number of benzene rings is 1. The van der Waals surface area contributed by atoms with Crippen LogP contribution in [0.3, 0.4) is 0 Å². The van der Waals surface area contributed by atoms with Crippen molar-refractivity contribution in [3.63, 3.8) is 0 Å². The Morgan fingerprint density at radius 1 is 1.27 bits per heavy atom. The van der Waals surface area contributed by atoms with Gasteiger partial charge in [0.2, 0.25) is 0 Å². The molecule has 22 heavy (non-hydrogen) atoms. The van der Waals surface area contributed by atoms with Gasteiger partial charge in [-0.3, -0.25) is 4.79 Å². The van der Waals surface area contributed by atoms with Crippen molar-refractivity contribution in [1.29, 1.82) is 10.5 Å². The molecule has 0 atom stereocenters. The van der Waals surface area contributed by atoms with E-state index in [-0.39, 0.29) is 22.5 Å². The van der Waals surface area contributed by atoms with Gasteiger partial charge in [-0.25, -0.2) is 10.1 Å². The number of allylic oxidation sites excluding steroid dienone is 2. The third kappa shape index (κ3) is 2.70. The van der Waals surface area contributed by atoms with Crippen molar-refractivity contribution in [3.8, 4) is 12.1 Å². The molecule has 0 bridgehead atoms. The quantitative estimate of drug-likeness (QED) is 0.492. The van der Waals surface area contributed by atoms with Crippen LogP contribution in [0.1, 0.15) is 5.56 Å². The van der Waals surface area contributed by atoms with Gasteiger partial charge in [0.1, 0.15) is 6.07 Å². The van der Waals surface area contributed by atoms with Crippen LogP contribution < -0.4 is 11.1 Å². The first-order valence-corrected chi connectivity index (χ1v) is 6.12. The molecule has 1 heterocycles. The maximum Gasteiger partial charge on any atom is 0.286 e. The molecule has 0 unspecified atom stereocenters. The molecule has 0 fully saturated rings. The van der Waals surface area contributed by atoms with Crippen molar-refractivity contribution < 1.29 is 4.79 Å². The Morgan fingerprint density at radius 3 is 2.50 bits per heavy atom. The van der Waals surface area contributed by atoms with Crippen LogP contribution in [0.5, 0.6) is 0 Å². The molecule has 0 aromatic heterocycles. The third-order valence-electron chi connectivity index (χ3n) is 2.95. The van der Waals surface area contributed by atoms with E-state index in [1.165, 1.54) is 6.08 Å². The smallest absolute Gasteiger partial charge is 0.286 e. The molecule has 0 saturated heterocycles. The normalized spacial score (nSPS) is 16.0. The van der Waals surface area contributed by atoms with Gasteiger partial charge in [-0.15, -0.1) is 0 Å². The van der Waals surface area contributed by atoms with Crippen LogP contribution in [0.15, 0.2) is 52.9 Å². The van der Waals surface area contributed by atoms with Crippen LogP contribution >= 0.6 is 0 Å². The van der Waals surface area contributed by atoms with Crippen molar-refractivity contribution in [3.05, 3.63) is 69.9 Å². The Balaban J connectivity index is 2.47. The van der Waals surface area contributed by atoms with Crippen molar-refractivity contribution in [1.82, 2.24) is 5.32 Å². The van der Waals surface area contributed by atoms with Gasteiger partial charge in [0.25, 0.3) is 11.6 Å². The summed E-state index contributed by atoms with van der Waals surface area (Å²) in [5.41, 5.74) is 6.76. The van der Waals surface area contributed by atoms with Crippen LogP contribution in [-0.2, 0) is 4.79 Å². The number of nitrogens with zero attached hydrogens (tertiary/aromatic N) is 3. The number of amides is 1. The SMILES string of the molecule is [C-]#[N+]/C(C#N)=C1\NC(=O)C(/C=C/c2ccc(N)cc2)=C1C#N. The predicted octanol–water partition coefficient (Wildman–Crippen LogP) is 1.89. The minimum Gasteiger partial charge on any atom is -0.399 e. The van der Waals surface area contributed by atoms with Crippen molar-refractivity contribution in [2.24, 2.45) is 0 Å². The summed E-state index contributed by atoms with van der Waals surface area (Å²) in [6.45, 7) is 6.91. The van der Waals surface area contributed by atoms with Crippen LogP contribution in [-0.4, -0.2) is 5.91 Å². The molecule has 2 rings (SSSR count). The first-order chi connectivity index (χ1) is 10.6. The molecule has 0 aliphatic carbocycles. The van der Waals surface area contributed by atoms with Gasteiger partial charge in [0.05, 0.1) is 29.5 Å². The number of nitrogens with two attached hydrogens (primary N) is 1. The predicted molar refractivity (Wildman–Crippen MR) is 79.9 cm³/mol. The number of carbonyl (C=O) groups excluding carboxylic acids is 1. The summed E-state index contributed by atoms with van der Waals surface area (Å²) in [7, 11) is 0. The van der Waals surface area contributed by atoms with Crippen LogP contribution in [0.2, 0.25) is 0 Å². The second-order valence-electron chi connectivity index (χ2n) is 4.30. The summed E-state index contributed by atoms with van der Waals surface area (Å²) < 4.78 is 0. The number of hydrogen-bond donors (Lipinski definition) is 2. The molecule has 1 aliphatic heterocycles. The number of hydrogen-bond acceptors (Lipinski definition) is 4. The standard InChI is InChI=1S/C16H9N5O/c1-20-14(9-18)15-13(8-17)12(16(22)21-15)7-4-10-2-5-11(19)6-3-10/h2-7H,19H2,(H,21,22)/b7-4+,15-14-. The zero-order valence-electron chi connectivity index (χ0n) is 11.3. The summed E-state index contributed by atoms with van der Waals surface area (Å²) in [6.07, 6.45) is 3.13. The lowest BCUT2D eigenvalue weighted by atomic mass is 10.1. The second-order valence-corrected chi connectivity index (χ2v) is 4.30. The van der Waals surface area contributed by atoms with Gasteiger partial charge in [-0.1, -0.05) is 18.2 Å².